The van der Waals surface area contributed by atoms with Crippen molar-refractivity contribution in [2.24, 2.45) is 47.3 Å². The zero-order chi connectivity index (χ0) is 26.4. The van der Waals surface area contributed by atoms with Gasteiger partial charge in [-0.3, -0.25) is 0 Å². The molecule has 3 atom stereocenters. The predicted molar refractivity (Wildman–Crippen MR) is 173 cm³/mol. The third-order valence-electron chi connectivity index (χ3n) is 9.77. The highest BCUT2D eigenvalue weighted by Crippen LogP contribution is 2.36. The zero-order valence-corrected chi connectivity index (χ0v) is 25.7. The van der Waals surface area contributed by atoms with Crippen LogP contribution in [0.15, 0.2) is 30.3 Å². The molecule has 2 fully saturated rings. The summed E-state index contributed by atoms with van der Waals surface area (Å²) in [4.78, 5) is 0. The van der Waals surface area contributed by atoms with Gasteiger partial charge in [0.25, 0.3) is 0 Å². The maximum Gasteiger partial charge on any atom is -0.0141 e. The van der Waals surface area contributed by atoms with E-state index in [1.165, 1.54) is 69.8 Å². The maximum absolute atomic E-state index is 2.44. The lowest BCUT2D eigenvalue weighted by molar-refractivity contribution is 0.186. The summed E-state index contributed by atoms with van der Waals surface area (Å²) < 4.78 is 0. The molecule has 0 N–H and O–H groups in total. The molecular formula is C37H72. The highest BCUT2D eigenvalue weighted by Gasteiger charge is 2.24. The Morgan fingerprint density at radius 2 is 1.03 bits per heavy atom. The lowest BCUT2D eigenvalue weighted by Gasteiger charge is -2.32. The van der Waals surface area contributed by atoms with Gasteiger partial charge in [-0.25, -0.2) is 0 Å². The average Bonchev–Trinajstić information content (AvgIpc) is 2.85. The Labute approximate surface area is 237 Å². The Hall–Kier alpha value is -0.780. The van der Waals surface area contributed by atoms with Crippen molar-refractivity contribution in [3.05, 3.63) is 35.9 Å². The molecule has 1 aromatic rings. The summed E-state index contributed by atoms with van der Waals surface area (Å²) in [6.07, 6.45) is 14.6. The molecule has 2 saturated carbocycles. The van der Waals surface area contributed by atoms with Crippen LogP contribution in [0.25, 0.3) is 0 Å². The minimum absolute atomic E-state index is 0. The van der Waals surface area contributed by atoms with E-state index >= 15 is 0 Å². The summed E-state index contributed by atoms with van der Waals surface area (Å²) in [6.45, 7) is 23.6. The first-order valence-electron chi connectivity index (χ1n) is 15.6. The summed E-state index contributed by atoms with van der Waals surface area (Å²) in [6, 6.07) is 10.8. The first-order chi connectivity index (χ1) is 16.6. The van der Waals surface area contributed by atoms with Crippen LogP contribution in [0, 0.1) is 47.3 Å². The highest BCUT2D eigenvalue weighted by molar-refractivity contribution is 5.19. The van der Waals surface area contributed by atoms with E-state index in [9.17, 15) is 0 Å². The smallest absolute Gasteiger partial charge is 0.0141 e. The van der Waals surface area contributed by atoms with Gasteiger partial charge in [-0.2, -0.15) is 0 Å². The summed E-state index contributed by atoms with van der Waals surface area (Å²) in [5, 5.41) is 0. The zero-order valence-electron chi connectivity index (χ0n) is 25.7. The Kier molecular flexibility index (Phi) is 21.9. The van der Waals surface area contributed by atoms with Crippen LogP contribution < -0.4 is 0 Å². The van der Waals surface area contributed by atoms with Crippen LogP contribution in [0.3, 0.4) is 0 Å². The van der Waals surface area contributed by atoms with E-state index in [1.807, 2.05) is 0 Å². The summed E-state index contributed by atoms with van der Waals surface area (Å²) in [5.41, 5.74) is 1.48. The Bertz CT molecular complexity index is 598. The van der Waals surface area contributed by atoms with Gasteiger partial charge >= 0.3 is 0 Å². The van der Waals surface area contributed by atoms with E-state index in [2.05, 4.69) is 99.6 Å². The van der Waals surface area contributed by atoms with Crippen molar-refractivity contribution < 1.29 is 0 Å². The minimum Gasteiger partial charge on any atom is -0.0776 e. The minimum atomic E-state index is 0. The predicted octanol–water partition coefficient (Wildman–Crippen LogP) is 13.1. The molecule has 2 aliphatic carbocycles. The fourth-order valence-electron chi connectivity index (χ4n) is 6.35. The first-order valence-corrected chi connectivity index (χ1v) is 15.6. The van der Waals surface area contributed by atoms with Crippen LogP contribution in [0.1, 0.15) is 160 Å². The Balaban J connectivity index is 0. The van der Waals surface area contributed by atoms with Gasteiger partial charge in [0.05, 0.1) is 0 Å². The van der Waals surface area contributed by atoms with Crippen LogP contribution in [-0.4, -0.2) is 0 Å². The second-order valence-electron chi connectivity index (χ2n) is 13.3. The summed E-state index contributed by atoms with van der Waals surface area (Å²) in [7, 11) is 0. The average molecular weight is 517 g/mol. The second-order valence-corrected chi connectivity index (χ2v) is 13.3. The molecule has 0 bridgehead atoms. The first kappa shape index (κ1) is 38.4. The molecule has 3 rings (SSSR count). The maximum atomic E-state index is 2.44. The molecule has 220 valence electrons. The second kappa shape index (κ2) is 21.1. The lowest BCUT2D eigenvalue weighted by Crippen LogP contribution is -2.22. The van der Waals surface area contributed by atoms with Crippen molar-refractivity contribution in [2.75, 3.05) is 0 Å². The van der Waals surface area contributed by atoms with Gasteiger partial charge in [-0.1, -0.05) is 159 Å². The van der Waals surface area contributed by atoms with Gasteiger partial charge in [-0.05, 0) is 78.1 Å². The number of hydrogen-bond donors (Lipinski definition) is 0. The van der Waals surface area contributed by atoms with Crippen molar-refractivity contribution >= 4 is 0 Å². The monoisotopic (exact) mass is 517 g/mol. The molecule has 0 heterocycles. The molecule has 0 aromatic heterocycles. The van der Waals surface area contributed by atoms with Gasteiger partial charge in [0.2, 0.25) is 0 Å². The van der Waals surface area contributed by atoms with E-state index < -0.39 is 0 Å². The molecule has 0 aliphatic heterocycles. The SMILES string of the molecule is C.C.CC(C)C(C)C1CCCCC1.CC1CCC(C(C)C(C)C)CC1.CCC(c1ccccc1)C(C)C. The van der Waals surface area contributed by atoms with Crippen LogP contribution in [0.5, 0.6) is 0 Å². The molecule has 3 unspecified atom stereocenters. The lowest BCUT2D eigenvalue weighted by atomic mass is 9.73. The van der Waals surface area contributed by atoms with Crippen molar-refractivity contribution in [1.29, 1.82) is 0 Å². The van der Waals surface area contributed by atoms with Crippen LogP contribution >= 0.6 is 0 Å². The van der Waals surface area contributed by atoms with Crippen molar-refractivity contribution in [1.82, 2.24) is 0 Å². The summed E-state index contributed by atoms with van der Waals surface area (Å²) >= 11 is 0. The van der Waals surface area contributed by atoms with Gasteiger partial charge in [0.15, 0.2) is 0 Å². The number of hydrogen-bond acceptors (Lipinski definition) is 0. The molecule has 0 heteroatoms. The molecule has 1 aromatic carbocycles. The van der Waals surface area contributed by atoms with E-state index in [-0.39, 0.29) is 14.9 Å². The van der Waals surface area contributed by atoms with E-state index in [0.29, 0.717) is 0 Å². The fourth-order valence-corrected chi connectivity index (χ4v) is 6.35. The number of benzene rings is 1. The van der Waals surface area contributed by atoms with Gasteiger partial charge in [-0.15, -0.1) is 0 Å². The van der Waals surface area contributed by atoms with E-state index in [4.69, 9.17) is 0 Å². The molecule has 37 heavy (non-hydrogen) atoms. The third kappa shape index (κ3) is 14.8. The van der Waals surface area contributed by atoms with E-state index in [0.717, 1.165) is 53.3 Å². The van der Waals surface area contributed by atoms with Gasteiger partial charge in [0, 0.05) is 0 Å². The largest absolute Gasteiger partial charge is 0.0776 e. The van der Waals surface area contributed by atoms with Crippen LogP contribution in [0.4, 0.5) is 0 Å². The molecule has 0 nitrogen and oxygen atoms in total. The van der Waals surface area contributed by atoms with Crippen molar-refractivity contribution in [3.8, 4) is 0 Å². The highest BCUT2D eigenvalue weighted by atomic mass is 14.3. The van der Waals surface area contributed by atoms with Crippen LogP contribution in [-0.2, 0) is 0 Å². The standard InChI is InChI=1S/C12H24.C12H18.C11H22.2CH4/c1-9(2)11(4)12-7-5-10(3)6-8-12;1-4-12(10(2)3)11-8-6-5-7-9-11;1-9(2)10(3)11-7-5-4-6-8-11;;/h9-12H,5-8H2,1-4H3;5-10,12H,4H2,1-3H3;9-11H,4-8H2,1-3H3;2*1H4. The number of rotatable bonds is 7. The quantitative estimate of drug-likeness (QED) is 0.338. The summed E-state index contributed by atoms with van der Waals surface area (Å²) in [5.74, 6) is 8.21. The molecule has 0 saturated heterocycles. The Morgan fingerprint density at radius 1 is 0.595 bits per heavy atom. The molecule has 2 aliphatic rings. The van der Waals surface area contributed by atoms with Gasteiger partial charge in [0.1, 0.15) is 0 Å². The third-order valence-corrected chi connectivity index (χ3v) is 9.77. The molecule has 0 amide bonds. The topological polar surface area (TPSA) is 0 Å². The molecule has 0 radical (unpaired) electrons. The van der Waals surface area contributed by atoms with Crippen LogP contribution in [0.2, 0.25) is 0 Å². The van der Waals surface area contributed by atoms with Gasteiger partial charge < -0.3 is 0 Å². The fraction of sp³-hybridized carbons (Fsp3) is 0.838. The molecular weight excluding hydrogens is 444 g/mol. The van der Waals surface area contributed by atoms with Crippen molar-refractivity contribution in [3.63, 3.8) is 0 Å². The molecule has 0 spiro atoms. The van der Waals surface area contributed by atoms with E-state index in [1.54, 1.807) is 0 Å². The normalized spacial score (nSPS) is 22.4. The Morgan fingerprint density at radius 3 is 1.41 bits per heavy atom. The van der Waals surface area contributed by atoms with Crippen molar-refractivity contribution in [2.45, 2.75) is 154 Å².